The zero-order chi connectivity index (χ0) is 14.1. The van der Waals surface area contributed by atoms with Crippen molar-refractivity contribution in [1.29, 1.82) is 0 Å². The summed E-state index contributed by atoms with van der Waals surface area (Å²) in [6, 6.07) is 0. The summed E-state index contributed by atoms with van der Waals surface area (Å²) in [5.74, 6) is 3.19. The summed E-state index contributed by atoms with van der Waals surface area (Å²) in [7, 11) is 0. The fourth-order valence-electron chi connectivity index (χ4n) is 4.41. The Morgan fingerprint density at radius 2 is 1.90 bits per heavy atom. The Balaban J connectivity index is 1.58. The highest BCUT2D eigenvalue weighted by atomic mass is 15.1. The van der Waals surface area contributed by atoms with Gasteiger partial charge in [0.25, 0.3) is 0 Å². The van der Waals surface area contributed by atoms with Crippen LogP contribution in [0.25, 0.3) is 0 Å². The summed E-state index contributed by atoms with van der Waals surface area (Å²) in [6.07, 6.45) is 13.9. The van der Waals surface area contributed by atoms with Crippen molar-refractivity contribution in [3.05, 3.63) is 17.2 Å². The summed E-state index contributed by atoms with van der Waals surface area (Å²) in [5.41, 5.74) is 2.92. The molecule has 2 fully saturated rings. The summed E-state index contributed by atoms with van der Waals surface area (Å²) in [4.78, 5) is 5.10. The molecule has 0 spiro atoms. The molecule has 0 bridgehead atoms. The summed E-state index contributed by atoms with van der Waals surface area (Å²) < 4.78 is 2.66. The maximum atomic E-state index is 5.10. The Kier molecular flexibility index (Phi) is 4.02. The van der Waals surface area contributed by atoms with Crippen LogP contribution in [-0.4, -0.2) is 16.1 Å². The highest BCUT2D eigenvalue weighted by Gasteiger charge is 2.27. The van der Waals surface area contributed by atoms with Crippen LogP contribution in [0.4, 0.5) is 0 Å². The summed E-state index contributed by atoms with van der Waals surface area (Å²) in [6.45, 7) is 3.36. The van der Waals surface area contributed by atoms with Crippen molar-refractivity contribution in [1.82, 2.24) is 14.9 Å². The Morgan fingerprint density at radius 3 is 2.67 bits per heavy atom. The second-order valence-electron chi connectivity index (χ2n) is 7.36. The maximum absolute atomic E-state index is 5.10. The lowest BCUT2D eigenvalue weighted by Gasteiger charge is -2.28. The van der Waals surface area contributed by atoms with Gasteiger partial charge in [-0.1, -0.05) is 38.5 Å². The molecule has 0 aromatic carbocycles. The Bertz CT molecular complexity index is 481. The van der Waals surface area contributed by atoms with E-state index in [2.05, 4.69) is 9.88 Å². The molecule has 3 aliphatic rings. The van der Waals surface area contributed by atoms with Gasteiger partial charge in [-0.15, -0.1) is 0 Å². The van der Waals surface area contributed by atoms with Crippen LogP contribution in [0.15, 0.2) is 0 Å². The zero-order valence-corrected chi connectivity index (χ0v) is 13.2. The second-order valence-corrected chi connectivity index (χ2v) is 7.36. The number of nitrogens with zero attached hydrogens (tertiary/aromatic N) is 2. The van der Waals surface area contributed by atoms with Crippen LogP contribution < -0.4 is 5.32 Å². The molecule has 2 aliphatic carbocycles. The highest BCUT2D eigenvalue weighted by Crippen LogP contribution is 2.35. The predicted octanol–water partition coefficient (Wildman–Crippen LogP) is 3.77. The summed E-state index contributed by atoms with van der Waals surface area (Å²) in [5, 5.41) is 3.50. The molecule has 0 atom stereocenters. The van der Waals surface area contributed by atoms with Gasteiger partial charge < -0.3 is 9.88 Å². The Labute approximate surface area is 128 Å². The fraction of sp³-hybridized carbons (Fsp3) is 0.833. The number of fused-ring (bicyclic) bond motifs is 1. The van der Waals surface area contributed by atoms with Gasteiger partial charge in [-0.25, -0.2) is 4.98 Å². The molecule has 1 aliphatic heterocycles. The van der Waals surface area contributed by atoms with Gasteiger partial charge >= 0.3 is 0 Å². The molecule has 2 saturated carbocycles. The molecule has 21 heavy (non-hydrogen) atoms. The normalized spacial score (nSPS) is 23.8. The maximum Gasteiger partial charge on any atom is 0.112 e. The van der Waals surface area contributed by atoms with Gasteiger partial charge in [0.05, 0.1) is 5.69 Å². The van der Waals surface area contributed by atoms with Gasteiger partial charge in [-0.3, -0.25) is 0 Å². The molecule has 1 aromatic heterocycles. The predicted molar refractivity (Wildman–Crippen MR) is 85.4 cm³/mol. The molecule has 2 heterocycles. The van der Waals surface area contributed by atoms with E-state index in [1.807, 2.05) is 0 Å². The van der Waals surface area contributed by atoms with E-state index in [-0.39, 0.29) is 0 Å². The zero-order valence-electron chi connectivity index (χ0n) is 13.2. The van der Waals surface area contributed by atoms with Crippen molar-refractivity contribution in [3.63, 3.8) is 0 Å². The molecular formula is C18H29N3. The van der Waals surface area contributed by atoms with E-state index >= 15 is 0 Å². The van der Waals surface area contributed by atoms with Gasteiger partial charge in [0.1, 0.15) is 5.82 Å². The minimum absolute atomic E-state index is 0.741. The van der Waals surface area contributed by atoms with E-state index in [1.54, 1.807) is 5.69 Å². The minimum Gasteiger partial charge on any atom is -0.331 e. The number of aromatic nitrogens is 2. The van der Waals surface area contributed by atoms with Gasteiger partial charge in [-0.2, -0.15) is 0 Å². The molecule has 0 saturated heterocycles. The van der Waals surface area contributed by atoms with Crippen molar-refractivity contribution >= 4 is 0 Å². The van der Waals surface area contributed by atoms with Crippen molar-refractivity contribution in [2.45, 2.75) is 83.2 Å². The second kappa shape index (κ2) is 6.12. The van der Waals surface area contributed by atoms with Crippen LogP contribution in [-0.2, 0) is 19.5 Å². The van der Waals surface area contributed by atoms with Crippen LogP contribution in [0.1, 0.15) is 80.9 Å². The van der Waals surface area contributed by atoms with Crippen molar-refractivity contribution < 1.29 is 0 Å². The first-order chi connectivity index (χ1) is 10.4. The number of nitrogens with one attached hydrogen (secondary N) is 1. The molecule has 0 unspecified atom stereocenters. The third-order valence-electron chi connectivity index (χ3n) is 5.97. The van der Waals surface area contributed by atoms with Crippen molar-refractivity contribution in [3.8, 4) is 0 Å². The SMILES string of the molecule is C1CCC(c2nc3c(n2CCC2CCC2)CCNC3)CC1. The van der Waals surface area contributed by atoms with Gasteiger partial charge in [0.2, 0.25) is 0 Å². The number of rotatable bonds is 4. The fourth-order valence-corrected chi connectivity index (χ4v) is 4.41. The largest absolute Gasteiger partial charge is 0.331 e. The molecule has 4 rings (SSSR count). The molecule has 1 N–H and O–H groups in total. The first kappa shape index (κ1) is 13.8. The topological polar surface area (TPSA) is 29.9 Å². The van der Waals surface area contributed by atoms with Crippen molar-refractivity contribution in [2.24, 2.45) is 5.92 Å². The lowest BCUT2D eigenvalue weighted by atomic mass is 9.83. The Hall–Kier alpha value is -0.830. The van der Waals surface area contributed by atoms with E-state index in [4.69, 9.17) is 4.98 Å². The number of hydrogen-bond donors (Lipinski definition) is 1. The van der Waals surface area contributed by atoms with Crippen LogP contribution in [0.3, 0.4) is 0 Å². The average Bonchev–Trinajstić information content (AvgIpc) is 2.86. The molecule has 0 amide bonds. The first-order valence-corrected chi connectivity index (χ1v) is 9.20. The van der Waals surface area contributed by atoms with E-state index in [0.29, 0.717) is 0 Å². The van der Waals surface area contributed by atoms with Crippen LogP contribution in [0, 0.1) is 5.92 Å². The molecule has 116 valence electrons. The van der Waals surface area contributed by atoms with Crippen LogP contribution in [0.2, 0.25) is 0 Å². The van der Waals surface area contributed by atoms with E-state index < -0.39 is 0 Å². The Morgan fingerprint density at radius 1 is 1.05 bits per heavy atom. The molecule has 0 radical (unpaired) electrons. The minimum atomic E-state index is 0.741. The van der Waals surface area contributed by atoms with Crippen LogP contribution >= 0.6 is 0 Å². The number of hydrogen-bond acceptors (Lipinski definition) is 2. The average molecular weight is 287 g/mol. The van der Waals surface area contributed by atoms with Crippen molar-refractivity contribution in [2.75, 3.05) is 6.54 Å². The van der Waals surface area contributed by atoms with Gasteiger partial charge in [0, 0.05) is 37.7 Å². The molecule has 3 nitrogen and oxygen atoms in total. The summed E-state index contributed by atoms with van der Waals surface area (Å²) >= 11 is 0. The van der Waals surface area contributed by atoms with Gasteiger partial charge in [0.15, 0.2) is 0 Å². The molecule has 3 heteroatoms. The highest BCUT2D eigenvalue weighted by molar-refractivity contribution is 5.22. The van der Waals surface area contributed by atoms with Gasteiger partial charge in [-0.05, 0) is 25.2 Å². The third-order valence-corrected chi connectivity index (χ3v) is 5.97. The number of imidazole rings is 1. The standard InChI is InChI=1S/C18H29N3/c1-2-7-15(8-3-1)18-20-16-13-19-11-9-17(16)21(18)12-10-14-5-4-6-14/h14-15,19H,1-13H2. The van der Waals surface area contributed by atoms with Crippen LogP contribution in [0.5, 0.6) is 0 Å². The smallest absolute Gasteiger partial charge is 0.112 e. The molecule has 1 aromatic rings. The third kappa shape index (κ3) is 2.77. The lowest BCUT2D eigenvalue weighted by Crippen LogP contribution is -2.25. The van der Waals surface area contributed by atoms with E-state index in [9.17, 15) is 0 Å². The first-order valence-electron chi connectivity index (χ1n) is 9.20. The molecular weight excluding hydrogens is 258 g/mol. The quantitative estimate of drug-likeness (QED) is 0.913. The lowest BCUT2D eigenvalue weighted by molar-refractivity contribution is 0.277. The van der Waals surface area contributed by atoms with E-state index in [1.165, 1.54) is 82.3 Å². The van der Waals surface area contributed by atoms with E-state index in [0.717, 1.165) is 24.9 Å². The monoisotopic (exact) mass is 287 g/mol.